The van der Waals surface area contributed by atoms with Crippen molar-refractivity contribution < 1.29 is 13.2 Å². The lowest BCUT2D eigenvalue weighted by molar-refractivity contribution is 0.256. The van der Waals surface area contributed by atoms with Crippen molar-refractivity contribution in [2.75, 3.05) is 11.1 Å². The average molecular weight is 350 g/mol. The van der Waals surface area contributed by atoms with Crippen LogP contribution in [0, 0.1) is 5.92 Å². The second-order valence-corrected chi connectivity index (χ2v) is 9.13. The molecule has 0 aliphatic heterocycles. The first kappa shape index (κ1) is 17.3. The first-order valence-corrected chi connectivity index (χ1v) is 10.5. The van der Waals surface area contributed by atoms with Gasteiger partial charge in [-0.3, -0.25) is 0 Å². The molecule has 0 unspecified atom stereocenters. The molecule has 2 aliphatic rings. The molecule has 1 aromatic carbocycles. The van der Waals surface area contributed by atoms with Gasteiger partial charge in [-0.05, 0) is 73.1 Å². The highest BCUT2D eigenvalue weighted by molar-refractivity contribution is 7.90. The summed E-state index contributed by atoms with van der Waals surface area (Å²) >= 11 is 0. The van der Waals surface area contributed by atoms with E-state index in [4.69, 9.17) is 0 Å². The van der Waals surface area contributed by atoms with Crippen molar-refractivity contribution in [2.24, 2.45) is 5.92 Å². The zero-order valence-corrected chi connectivity index (χ0v) is 15.3. The summed E-state index contributed by atoms with van der Waals surface area (Å²) in [6, 6.07) is 1.65. The quantitative estimate of drug-likeness (QED) is 0.856. The van der Waals surface area contributed by atoms with Crippen molar-refractivity contribution in [1.29, 1.82) is 0 Å². The van der Waals surface area contributed by atoms with Crippen molar-refractivity contribution in [3.8, 4) is 0 Å². The molecule has 6 heteroatoms. The second kappa shape index (κ2) is 6.75. The van der Waals surface area contributed by atoms with Gasteiger partial charge in [0.1, 0.15) is 0 Å². The minimum atomic E-state index is -3.59. The van der Waals surface area contributed by atoms with Crippen LogP contribution in [0.2, 0.25) is 0 Å². The van der Waals surface area contributed by atoms with E-state index in [0.29, 0.717) is 6.42 Å². The third kappa shape index (κ3) is 3.74. The molecule has 0 aromatic heterocycles. The average Bonchev–Trinajstić information content (AvgIpc) is 3.13. The number of rotatable bonds is 5. The summed E-state index contributed by atoms with van der Waals surface area (Å²) in [5.74, 6) is 0.258. The molecule has 0 atom stereocenters. The molecule has 0 spiro atoms. The number of fused-ring (bicyclic) bond motifs is 2. The first-order valence-electron chi connectivity index (χ1n) is 8.83. The lowest BCUT2D eigenvalue weighted by atomic mass is 9.99. The number of urea groups is 1. The maximum atomic E-state index is 12.3. The molecule has 0 saturated heterocycles. The maximum Gasteiger partial charge on any atom is 0.332 e. The molecule has 2 amide bonds. The Bertz CT molecular complexity index is 722. The van der Waals surface area contributed by atoms with Crippen molar-refractivity contribution in [2.45, 2.75) is 58.8 Å². The number of nitrogens with one attached hydrogen (secondary N) is 2. The van der Waals surface area contributed by atoms with E-state index in [1.165, 1.54) is 22.3 Å². The Balaban J connectivity index is 1.76. The van der Waals surface area contributed by atoms with Crippen LogP contribution in [0.15, 0.2) is 6.07 Å². The Morgan fingerprint density at radius 1 is 1.08 bits per heavy atom. The summed E-state index contributed by atoms with van der Waals surface area (Å²) in [5, 5.41) is 2.86. The number of carbonyl (C=O) groups excluding carboxylic acids is 1. The standard InChI is InChI=1S/C18H26N2O3S/c1-12(2)9-10-24(22,23)20-18(21)19-17-15-7-3-5-13(15)11-14-6-4-8-16(14)17/h11-12H,3-10H2,1-2H3,(H2,19,20,21). The SMILES string of the molecule is CC(C)CCS(=O)(=O)NC(=O)Nc1c2c(cc3c1CCC3)CCC2. The summed E-state index contributed by atoms with van der Waals surface area (Å²) in [4.78, 5) is 12.3. The number of sulfonamides is 1. The van der Waals surface area contributed by atoms with Gasteiger partial charge in [0.25, 0.3) is 0 Å². The van der Waals surface area contributed by atoms with E-state index in [0.717, 1.165) is 44.2 Å². The molecule has 0 saturated carbocycles. The molecule has 0 fully saturated rings. The fourth-order valence-electron chi connectivity index (χ4n) is 3.69. The zero-order chi connectivity index (χ0) is 17.3. The Morgan fingerprint density at radius 2 is 1.67 bits per heavy atom. The topological polar surface area (TPSA) is 75.3 Å². The summed E-state index contributed by atoms with van der Waals surface area (Å²) in [6.45, 7) is 3.93. The van der Waals surface area contributed by atoms with Crippen LogP contribution in [0.3, 0.4) is 0 Å². The van der Waals surface area contributed by atoms with E-state index in [9.17, 15) is 13.2 Å². The van der Waals surface area contributed by atoms with Crippen molar-refractivity contribution >= 4 is 21.7 Å². The number of hydrogen-bond donors (Lipinski definition) is 2. The van der Waals surface area contributed by atoms with Gasteiger partial charge in [0.15, 0.2) is 0 Å². The van der Waals surface area contributed by atoms with Gasteiger partial charge in [-0.25, -0.2) is 17.9 Å². The summed E-state index contributed by atoms with van der Waals surface area (Å²) < 4.78 is 26.2. The Morgan fingerprint density at radius 3 is 2.21 bits per heavy atom. The summed E-state index contributed by atoms with van der Waals surface area (Å²) in [5.41, 5.74) is 5.90. The van der Waals surface area contributed by atoms with E-state index in [-0.39, 0.29) is 11.7 Å². The van der Waals surface area contributed by atoms with E-state index >= 15 is 0 Å². The number of anilines is 1. The minimum absolute atomic E-state index is 0.0247. The van der Waals surface area contributed by atoms with Gasteiger partial charge >= 0.3 is 6.03 Å². The molecule has 24 heavy (non-hydrogen) atoms. The van der Waals surface area contributed by atoms with E-state index < -0.39 is 16.1 Å². The predicted molar refractivity (Wildman–Crippen MR) is 95.9 cm³/mol. The van der Waals surface area contributed by atoms with Crippen molar-refractivity contribution in [3.63, 3.8) is 0 Å². The summed E-state index contributed by atoms with van der Waals surface area (Å²) in [7, 11) is -3.59. The third-order valence-corrected chi connectivity index (χ3v) is 6.19. The molecule has 0 bridgehead atoms. The number of carbonyl (C=O) groups is 1. The fraction of sp³-hybridized carbons (Fsp3) is 0.611. The number of hydrogen-bond acceptors (Lipinski definition) is 3. The van der Waals surface area contributed by atoms with E-state index in [1.54, 1.807) is 0 Å². The molecule has 3 rings (SSSR count). The molecule has 132 valence electrons. The predicted octanol–water partition coefficient (Wildman–Crippen LogP) is 3.16. The fourth-order valence-corrected chi connectivity index (χ4v) is 4.91. The summed E-state index contributed by atoms with van der Waals surface area (Å²) in [6.07, 6.45) is 6.75. The van der Waals surface area contributed by atoms with E-state index in [1.807, 2.05) is 13.8 Å². The number of benzene rings is 1. The molecule has 0 radical (unpaired) electrons. The molecule has 2 N–H and O–H groups in total. The molecule has 2 aliphatic carbocycles. The van der Waals surface area contributed by atoms with Crippen LogP contribution in [-0.2, 0) is 35.7 Å². The van der Waals surface area contributed by atoms with Crippen LogP contribution in [0.4, 0.5) is 10.5 Å². The molecule has 5 nitrogen and oxygen atoms in total. The van der Waals surface area contributed by atoms with Crippen LogP contribution in [0.1, 0.15) is 55.4 Å². The minimum Gasteiger partial charge on any atom is -0.307 e. The Kier molecular flexibility index (Phi) is 4.85. The van der Waals surface area contributed by atoms with Gasteiger partial charge in [-0.2, -0.15) is 0 Å². The van der Waals surface area contributed by atoms with Crippen molar-refractivity contribution in [1.82, 2.24) is 4.72 Å². The monoisotopic (exact) mass is 350 g/mol. The highest BCUT2D eigenvalue weighted by atomic mass is 32.2. The van der Waals surface area contributed by atoms with Crippen LogP contribution < -0.4 is 10.0 Å². The first-order chi connectivity index (χ1) is 11.4. The van der Waals surface area contributed by atoms with Crippen LogP contribution in [0.25, 0.3) is 0 Å². The van der Waals surface area contributed by atoms with Crippen LogP contribution in [0.5, 0.6) is 0 Å². The number of aryl methyl sites for hydroxylation is 2. The highest BCUT2D eigenvalue weighted by Gasteiger charge is 2.25. The van der Waals surface area contributed by atoms with Gasteiger partial charge in [-0.15, -0.1) is 0 Å². The normalized spacial score (nSPS) is 16.1. The van der Waals surface area contributed by atoms with Crippen LogP contribution in [-0.4, -0.2) is 20.2 Å². The molecular weight excluding hydrogens is 324 g/mol. The van der Waals surface area contributed by atoms with Gasteiger partial charge < -0.3 is 5.32 Å². The third-order valence-electron chi connectivity index (χ3n) is 4.92. The van der Waals surface area contributed by atoms with Gasteiger partial charge in [0.05, 0.1) is 5.75 Å². The molecular formula is C18H26N2O3S. The lowest BCUT2D eigenvalue weighted by Gasteiger charge is -2.16. The Labute approximate surface area is 144 Å². The highest BCUT2D eigenvalue weighted by Crippen LogP contribution is 2.38. The van der Waals surface area contributed by atoms with Crippen molar-refractivity contribution in [3.05, 3.63) is 28.3 Å². The smallest absolute Gasteiger partial charge is 0.307 e. The van der Waals surface area contributed by atoms with E-state index in [2.05, 4.69) is 16.1 Å². The van der Waals surface area contributed by atoms with Gasteiger partial charge in [-0.1, -0.05) is 19.9 Å². The van der Waals surface area contributed by atoms with Gasteiger partial charge in [0, 0.05) is 5.69 Å². The molecule has 1 aromatic rings. The second-order valence-electron chi connectivity index (χ2n) is 7.29. The number of amides is 2. The zero-order valence-electron chi connectivity index (χ0n) is 14.4. The van der Waals surface area contributed by atoms with Gasteiger partial charge in [0.2, 0.25) is 10.0 Å². The molecule has 0 heterocycles. The Hall–Kier alpha value is -1.56. The maximum absolute atomic E-state index is 12.3. The lowest BCUT2D eigenvalue weighted by Crippen LogP contribution is -2.36. The largest absolute Gasteiger partial charge is 0.332 e. The van der Waals surface area contributed by atoms with Crippen LogP contribution >= 0.6 is 0 Å².